The second-order valence-electron chi connectivity index (χ2n) is 8.76. The Morgan fingerprint density at radius 1 is 1.35 bits per heavy atom. The number of allylic oxidation sites excluding steroid dienone is 2. The molecule has 0 unspecified atom stereocenters. The second kappa shape index (κ2) is 9.58. The van der Waals surface area contributed by atoms with Crippen LogP contribution in [0.15, 0.2) is 46.6 Å². The fourth-order valence-corrected chi connectivity index (χ4v) is 5.58. The number of hydrazone groups is 1. The molecule has 0 spiro atoms. The Balaban J connectivity index is 1.53. The minimum absolute atomic E-state index is 0.338. The van der Waals surface area contributed by atoms with Gasteiger partial charge in [0, 0.05) is 38.0 Å². The van der Waals surface area contributed by atoms with E-state index >= 15 is 0 Å². The molecule has 0 aromatic carbocycles. The van der Waals surface area contributed by atoms with Gasteiger partial charge in [-0.05, 0) is 49.0 Å². The van der Waals surface area contributed by atoms with E-state index in [2.05, 4.69) is 40.1 Å². The van der Waals surface area contributed by atoms with Gasteiger partial charge < -0.3 is 9.88 Å². The van der Waals surface area contributed by atoms with Gasteiger partial charge in [-0.1, -0.05) is 19.4 Å². The third-order valence-electron chi connectivity index (χ3n) is 6.39. The zero-order valence-corrected chi connectivity index (χ0v) is 20.7. The Morgan fingerprint density at radius 2 is 2.21 bits per heavy atom. The van der Waals surface area contributed by atoms with Crippen LogP contribution in [0.1, 0.15) is 61.0 Å². The van der Waals surface area contributed by atoms with Gasteiger partial charge in [0.15, 0.2) is 11.6 Å². The molecule has 5 rings (SSSR count). The Hall–Kier alpha value is -3.20. The molecule has 7 nitrogen and oxygen atoms in total. The van der Waals surface area contributed by atoms with Crippen LogP contribution in [0.5, 0.6) is 0 Å². The van der Waals surface area contributed by atoms with Crippen LogP contribution >= 0.6 is 11.3 Å². The van der Waals surface area contributed by atoms with Crippen molar-refractivity contribution in [2.45, 2.75) is 45.4 Å². The summed E-state index contributed by atoms with van der Waals surface area (Å²) in [7, 11) is 3.69. The van der Waals surface area contributed by atoms with Gasteiger partial charge in [0.2, 0.25) is 0 Å². The summed E-state index contributed by atoms with van der Waals surface area (Å²) < 4.78 is 17.5. The van der Waals surface area contributed by atoms with Crippen LogP contribution in [-0.2, 0) is 13.5 Å². The summed E-state index contributed by atoms with van der Waals surface area (Å²) in [5.41, 5.74) is 7.83. The first-order valence-corrected chi connectivity index (χ1v) is 12.6. The van der Waals surface area contributed by atoms with Gasteiger partial charge in [0.05, 0.1) is 28.9 Å². The van der Waals surface area contributed by atoms with Crippen molar-refractivity contribution in [1.82, 2.24) is 30.1 Å². The number of H-pyrrole nitrogens is 1. The van der Waals surface area contributed by atoms with Crippen molar-refractivity contribution in [2.24, 2.45) is 12.1 Å². The lowest BCUT2D eigenvalue weighted by Crippen LogP contribution is -2.27. The molecule has 34 heavy (non-hydrogen) atoms. The molecule has 1 aliphatic heterocycles. The first-order chi connectivity index (χ1) is 16.6. The van der Waals surface area contributed by atoms with E-state index in [-0.39, 0.29) is 5.95 Å². The van der Waals surface area contributed by atoms with Crippen molar-refractivity contribution in [2.75, 3.05) is 13.6 Å². The van der Waals surface area contributed by atoms with Crippen LogP contribution in [-0.4, -0.2) is 44.6 Å². The minimum atomic E-state index is -0.338. The molecule has 0 amide bonds. The van der Waals surface area contributed by atoms with Crippen molar-refractivity contribution in [1.29, 1.82) is 0 Å². The smallest absolute Gasteiger partial charge is 0.187 e. The van der Waals surface area contributed by atoms with Crippen LogP contribution in [0.2, 0.25) is 0 Å². The number of hydrogen-bond acceptors (Lipinski definition) is 6. The van der Waals surface area contributed by atoms with Crippen molar-refractivity contribution in [3.8, 4) is 0 Å². The first-order valence-electron chi connectivity index (χ1n) is 11.8. The van der Waals surface area contributed by atoms with Crippen molar-refractivity contribution < 1.29 is 4.39 Å². The van der Waals surface area contributed by atoms with Crippen LogP contribution in [0.4, 0.5) is 4.39 Å². The lowest BCUT2D eigenvalue weighted by Gasteiger charge is -2.32. The normalized spacial score (nSPS) is 16.4. The Bertz CT molecular complexity index is 1300. The second-order valence-corrected chi connectivity index (χ2v) is 9.84. The van der Waals surface area contributed by atoms with Gasteiger partial charge in [-0.25, -0.2) is 4.98 Å². The number of hydrogen-bond donors (Lipinski definition) is 2. The van der Waals surface area contributed by atoms with Gasteiger partial charge >= 0.3 is 0 Å². The van der Waals surface area contributed by atoms with E-state index in [1.165, 1.54) is 17.7 Å². The summed E-state index contributed by atoms with van der Waals surface area (Å²) in [6.07, 6.45) is 13.4. The minimum Gasteiger partial charge on any atom is -0.365 e. The number of aryl methyl sites for hydroxylation is 1. The highest BCUT2D eigenvalue weighted by atomic mass is 32.1. The molecule has 3 aromatic rings. The van der Waals surface area contributed by atoms with Crippen LogP contribution < -0.4 is 5.32 Å². The van der Waals surface area contributed by atoms with E-state index in [1.807, 2.05) is 17.3 Å². The Kier molecular flexibility index (Phi) is 6.36. The molecule has 0 radical (unpaired) electrons. The summed E-state index contributed by atoms with van der Waals surface area (Å²) >= 11 is 1.72. The monoisotopic (exact) mass is 479 g/mol. The van der Waals surface area contributed by atoms with E-state index in [4.69, 9.17) is 10.1 Å². The van der Waals surface area contributed by atoms with Crippen molar-refractivity contribution in [3.63, 3.8) is 0 Å². The van der Waals surface area contributed by atoms with E-state index in [0.29, 0.717) is 6.54 Å². The molecule has 2 aliphatic rings. The zero-order valence-electron chi connectivity index (χ0n) is 19.9. The third-order valence-corrected chi connectivity index (χ3v) is 7.46. The summed E-state index contributed by atoms with van der Waals surface area (Å²) in [4.78, 5) is 4.96. The number of unbranched alkanes of at least 4 members (excludes halogenated alkanes) is 1. The summed E-state index contributed by atoms with van der Waals surface area (Å²) in [6, 6.07) is 1.98. The van der Waals surface area contributed by atoms with Crippen LogP contribution in [0.3, 0.4) is 0 Å². The highest BCUT2D eigenvalue weighted by molar-refractivity contribution is 7.19. The molecule has 178 valence electrons. The maximum atomic E-state index is 14.1. The molecule has 0 bridgehead atoms. The lowest BCUT2D eigenvalue weighted by atomic mass is 9.88. The number of nitrogens with one attached hydrogen (secondary N) is 2. The SMILES string of the molecule is CCC/C=C(\C=C(\F)NC)CN1N=Cc2c(n(C)c3nc(Cc4ccn[nH]4)sc23)C1=C1CCC1. The van der Waals surface area contributed by atoms with Crippen LogP contribution in [0, 0.1) is 0 Å². The van der Waals surface area contributed by atoms with Gasteiger partial charge in [0.1, 0.15) is 5.01 Å². The van der Waals surface area contributed by atoms with Gasteiger partial charge in [-0.15, -0.1) is 11.3 Å². The quantitative estimate of drug-likeness (QED) is 0.342. The molecular weight excluding hydrogens is 449 g/mol. The fourth-order valence-electron chi connectivity index (χ4n) is 4.45. The highest BCUT2D eigenvalue weighted by Crippen LogP contribution is 2.42. The Morgan fingerprint density at radius 3 is 2.88 bits per heavy atom. The largest absolute Gasteiger partial charge is 0.365 e. The summed E-state index contributed by atoms with van der Waals surface area (Å²) in [5, 5.41) is 17.6. The number of aromatic amines is 1. The zero-order chi connectivity index (χ0) is 23.7. The van der Waals surface area contributed by atoms with Crippen molar-refractivity contribution in [3.05, 3.63) is 63.5 Å². The fraction of sp³-hybridized carbons (Fsp3) is 0.400. The maximum Gasteiger partial charge on any atom is 0.187 e. The predicted octanol–water partition coefficient (Wildman–Crippen LogP) is 5.25. The topological polar surface area (TPSA) is 74.1 Å². The number of nitrogens with zero attached hydrogens (tertiary/aromatic N) is 5. The average molecular weight is 480 g/mol. The summed E-state index contributed by atoms with van der Waals surface area (Å²) in [6.45, 7) is 2.66. The van der Waals surface area contributed by atoms with Gasteiger partial charge in [0.25, 0.3) is 0 Å². The van der Waals surface area contributed by atoms with Crippen molar-refractivity contribution >= 4 is 33.6 Å². The number of rotatable bonds is 8. The van der Waals surface area contributed by atoms with Crippen LogP contribution in [0.25, 0.3) is 16.0 Å². The lowest BCUT2D eigenvalue weighted by molar-refractivity contribution is 0.441. The number of thiazole rings is 1. The first kappa shape index (κ1) is 22.6. The molecule has 4 heterocycles. The highest BCUT2D eigenvalue weighted by Gasteiger charge is 2.31. The third kappa shape index (κ3) is 4.20. The molecule has 9 heteroatoms. The van der Waals surface area contributed by atoms with E-state index < -0.39 is 0 Å². The number of halogens is 1. The molecular formula is C25H30FN7S. The molecule has 2 N–H and O–H groups in total. The number of fused-ring (bicyclic) bond motifs is 3. The van der Waals surface area contributed by atoms with E-state index in [1.54, 1.807) is 30.7 Å². The standard InChI is InChI=1S/C25H30FN7S/c1-4-5-7-16(12-20(26)27-2)15-33-22(17-8-6-9-17)23-19(14-29-33)24-25(32(23)3)30-21(34-24)13-18-10-11-28-31-18/h7,10-12,14,27H,4-6,8-9,13,15H2,1-3H3,(H,28,31)/b16-7+,20-12-. The predicted molar refractivity (Wildman–Crippen MR) is 136 cm³/mol. The summed E-state index contributed by atoms with van der Waals surface area (Å²) in [5.74, 6) is -0.338. The molecule has 1 saturated carbocycles. The van der Waals surface area contributed by atoms with Gasteiger partial charge in [-0.3, -0.25) is 10.1 Å². The number of aromatic nitrogens is 4. The maximum absolute atomic E-state index is 14.1. The van der Waals surface area contributed by atoms with Gasteiger partial charge in [-0.2, -0.15) is 14.6 Å². The molecule has 0 atom stereocenters. The molecule has 1 aliphatic carbocycles. The Labute approximate surface area is 202 Å². The molecule has 1 fully saturated rings. The molecule has 0 saturated heterocycles. The van der Waals surface area contributed by atoms with E-state index in [9.17, 15) is 4.39 Å². The van der Waals surface area contributed by atoms with E-state index in [0.717, 1.165) is 70.0 Å². The average Bonchev–Trinajstić information content (AvgIpc) is 3.51. The molecule has 3 aromatic heterocycles.